The van der Waals surface area contributed by atoms with Gasteiger partial charge in [-0.3, -0.25) is 9.48 Å². The molecule has 0 atom stereocenters. The number of rotatable bonds is 6. The molecule has 6 heteroatoms. The minimum Gasteiger partial charge on any atom is -0.308 e. The number of benzene rings is 1. The summed E-state index contributed by atoms with van der Waals surface area (Å²) in [5, 5.41) is 7.13. The van der Waals surface area contributed by atoms with Crippen LogP contribution in [-0.2, 0) is 11.3 Å². The fourth-order valence-electron chi connectivity index (χ4n) is 2.24. The summed E-state index contributed by atoms with van der Waals surface area (Å²) in [5.74, 6) is 0.135. The number of amides is 1. The second kappa shape index (κ2) is 7.54. The van der Waals surface area contributed by atoms with Crippen molar-refractivity contribution in [3.8, 4) is 0 Å². The van der Waals surface area contributed by atoms with Gasteiger partial charge in [-0.25, -0.2) is 4.39 Å². The van der Waals surface area contributed by atoms with Gasteiger partial charge >= 0.3 is 0 Å². The van der Waals surface area contributed by atoms with Gasteiger partial charge in [-0.05, 0) is 34.8 Å². The van der Waals surface area contributed by atoms with E-state index in [1.54, 1.807) is 29.1 Å². The molecule has 0 bridgehead atoms. The van der Waals surface area contributed by atoms with Crippen molar-refractivity contribution in [2.24, 2.45) is 5.92 Å². The molecule has 0 aliphatic rings. The van der Waals surface area contributed by atoms with Crippen LogP contribution >= 0.6 is 15.9 Å². The Balaban J connectivity index is 2.11. The number of nitrogens with zero attached hydrogens (tertiary/aromatic N) is 2. The Morgan fingerprint density at radius 3 is 2.68 bits per heavy atom. The number of anilines is 1. The number of hydrogen-bond acceptors (Lipinski definition) is 2. The Morgan fingerprint density at radius 2 is 2.05 bits per heavy atom. The minimum absolute atomic E-state index is 0.0244. The molecule has 0 saturated heterocycles. The summed E-state index contributed by atoms with van der Waals surface area (Å²) < 4.78 is 16.0. The van der Waals surface area contributed by atoms with Gasteiger partial charge in [-0.1, -0.05) is 32.0 Å². The van der Waals surface area contributed by atoms with Crippen LogP contribution in [0.1, 0.15) is 32.3 Å². The first-order valence-corrected chi connectivity index (χ1v) is 8.11. The molecule has 22 heavy (non-hydrogen) atoms. The van der Waals surface area contributed by atoms with E-state index in [-0.39, 0.29) is 17.6 Å². The smallest absolute Gasteiger partial charge is 0.228 e. The van der Waals surface area contributed by atoms with Crippen LogP contribution in [-0.4, -0.2) is 15.7 Å². The summed E-state index contributed by atoms with van der Waals surface area (Å²) >= 11 is 3.38. The van der Waals surface area contributed by atoms with Crippen molar-refractivity contribution in [1.29, 1.82) is 0 Å². The Morgan fingerprint density at radius 1 is 1.36 bits per heavy atom. The molecule has 0 aliphatic heterocycles. The SMILES string of the molecule is CCC(CC)C(=O)Nc1nn(Cc2ccccc2F)cc1Br. The first-order valence-electron chi connectivity index (χ1n) is 7.32. The van der Waals surface area contributed by atoms with Crippen LogP contribution in [0.25, 0.3) is 0 Å². The third-order valence-corrected chi connectivity index (χ3v) is 4.19. The third kappa shape index (κ3) is 3.94. The van der Waals surface area contributed by atoms with Crippen molar-refractivity contribution in [2.75, 3.05) is 5.32 Å². The highest BCUT2D eigenvalue weighted by Crippen LogP contribution is 2.22. The van der Waals surface area contributed by atoms with E-state index in [4.69, 9.17) is 0 Å². The lowest BCUT2D eigenvalue weighted by Crippen LogP contribution is -2.22. The molecule has 0 spiro atoms. The van der Waals surface area contributed by atoms with Gasteiger partial charge in [0.1, 0.15) is 5.82 Å². The van der Waals surface area contributed by atoms with E-state index in [2.05, 4.69) is 26.3 Å². The lowest BCUT2D eigenvalue weighted by atomic mass is 10.0. The molecule has 0 unspecified atom stereocenters. The maximum atomic E-state index is 13.7. The van der Waals surface area contributed by atoms with Crippen molar-refractivity contribution in [1.82, 2.24) is 9.78 Å². The Hall–Kier alpha value is -1.69. The molecule has 0 aliphatic carbocycles. The number of aromatic nitrogens is 2. The largest absolute Gasteiger partial charge is 0.308 e. The Labute approximate surface area is 137 Å². The normalized spacial score (nSPS) is 11.0. The van der Waals surface area contributed by atoms with Crippen LogP contribution in [0, 0.1) is 11.7 Å². The van der Waals surface area contributed by atoms with Crippen LogP contribution in [0.15, 0.2) is 34.9 Å². The molecule has 4 nitrogen and oxygen atoms in total. The minimum atomic E-state index is -0.267. The first kappa shape index (κ1) is 16.7. The van der Waals surface area contributed by atoms with Gasteiger partial charge in [-0.15, -0.1) is 0 Å². The summed E-state index contributed by atoms with van der Waals surface area (Å²) in [6.07, 6.45) is 3.31. The van der Waals surface area contributed by atoms with Crippen molar-refractivity contribution >= 4 is 27.7 Å². The fourth-order valence-corrected chi connectivity index (χ4v) is 2.66. The topological polar surface area (TPSA) is 46.9 Å². The molecule has 1 aromatic heterocycles. The Kier molecular flexibility index (Phi) is 5.71. The highest BCUT2D eigenvalue weighted by atomic mass is 79.9. The van der Waals surface area contributed by atoms with Gasteiger partial charge in [-0.2, -0.15) is 5.10 Å². The molecular weight excluding hydrogens is 349 g/mol. The van der Waals surface area contributed by atoms with Gasteiger partial charge in [0.05, 0.1) is 11.0 Å². The Bertz CT molecular complexity index is 653. The molecule has 0 fully saturated rings. The number of halogens is 2. The van der Waals surface area contributed by atoms with Gasteiger partial charge < -0.3 is 5.32 Å². The van der Waals surface area contributed by atoms with E-state index >= 15 is 0 Å². The molecule has 1 N–H and O–H groups in total. The fraction of sp³-hybridized carbons (Fsp3) is 0.375. The number of carbonyl (C=O) groups excluding carboxylic acids is 1. The highest BCUT2D eigenvalue weighted by molar-refractivity contribution is 9.10. The molecule has 2 rings (SSSR count). The quantitative estimate of drug-likeness (QED) is 0.831. The van der Waals surface area contributed by atoms with E-state index < -0.39 is 0 Å². The third-order valence-electron chi connectivity index (χ3n) is 3.61. The van der Waals surface area contributed by atoms with Crippen LogP contribution in [0.3, 0.4) is 0 Å². The molecule has 0 saturated carbocycles. The van der Waals surface area contributed by atoms with Gasteiger partial charge in [0.25, 0.3) is 0 Å². The lowest BCUT2D eigenvalue weighted by Gasteiger charge is -2.11. The first-order chi connectivity index (χ1) is 10.5. The molecular formula is C16H19BrFN3O. The van der Waals surface area contributed by atoms with Crippen molar-refractivity contribution in [2.45, 2.75) is 33.2 Å². The van der Waals surface area contributed by atoms with E-state index in [0.717, 1.165) is 12.8 Å². The zero-order chi connectivity index (χ0) is 16.1. The van der Waals surface area contributed by atoms with E-state index in [1.165, 1.54) is 6.07 Å². The number of nitrogens with one attached hydrogen (secondary N) is 1. The van der Waals surface area contributed by atoms with Gasteiger partial charge in [0, 0.05) is 17.7 Å². The van der Waals surface area contributed by atoms with Crippen molar-refractivity contribution in [3.05, 3.63) is 46.3 Å². The summed E-state index contributed by atoms with van der Waals surface area (Å²) in [5.41, 5.74) is 0.551. The maximum absolute atomic E-state index is 13.7. The van der Waals surface area contributed by atoms with E-state index in [9.17, 15) is 9.18 Å². The molecule has 0 radical (unpaired) electrons. The van der Waals surface area contributed by atoms with Crippen LogP contribution in [0.2, 0.25) is 0 Å². The number of carbonyl (C=O) groups is 1. The molecule has 1 amide bonds. The zero-order valence-electron chi connectivity index (χ0n) is 12.6. The van der Waals surface area contributed by atoms with Crippen LogP contribution in [0.4, 0.5) is 10.2 Å². The molecule has 118 valence electrons. The monoisotopic (exact) mass is 367 g/mol. The summed E-state index contributed by atoms with van der Waals surface area (Å²) in [6, 6.07) is 6.57. The molecule has 1 aromatic carbocycles. The van der Waals surface area contributed by atoms with Crippen molar-refractivity contribution in [3.63, 3.8) is 0 Å². The second-order valence-electron chi connectivity index (χ2n) is 5.12. The lowest BCUT2D eigenvalue weighted by molar-refractivity contribution is -0.120. The average Bonchev–Trinajstić information content (AvgIpc) is 2.82. The predicted molar refractivity (Wildman–Crippen MR) is 88.1 cm³/mol. The summed E-state index contributed by atoms with van der Waals surface area (Å²) in [4.78, 5) is 12.1. The van der Waals surface area contributed by atoms with Crippen LogP contribution < -0.4 is 5.32 Å². The van der Waals surface area contributed by atoms with Gasteiger partial charge in [0.15, 0.2) is 5.82 Å². The molecule has 2 aromatic rings. The average molecular weight is 368 g/mol. The predicted octanol–water partition coefficient (Wildman–Crippen LogP) is 4.21. The van der Waals surface area contributed by atoms with E-state index in [1.807, 2.05) is 13.8 Å². The summed E-state index contributed by atoms with van der Waals surface area (Å²) in [6.45, 7) is 4.28. The summed E-state index contributed by atoms with van der Waals surface area (Å²) in [7, 11) is 0. The maximum Gasteiger partial charge on any atom is 0.228 e. The zero-order valence-corrected chi connectivity index (χ0v) is 14.2. The van der Waals surface area contributed by atoms with Crippen LogP contribution in [0.5, 0.6) is 0 Å². The molecule has 1 heterocycles. The van der Waals surface area contributed by atoms with E-state index in [0.29, 0.717) is 22.4 Å². The standard InChI is InChI=1S/C16H19BrFN3O/c1-3-11(4-2)16(22)19-15-13(17)10-21(20-15)9-12-7-5-6-8-14(12)18/h5-8,10-11H,3-4,9H2,1-2H3,(H,19,20,22). The van der Waals surface area contributed by atoms with Crippen molar-refractivity contribution < 1.29 is 9.18 Å². The highest BCUT2D eigenvalue weighted by Gasteiger charge is 2.17. The van der Waals surface area contributed by atoms with Gasteiger partial charge in [0.2, 0.25) is 5.91 Å². The second-order valence-corrected chi connectivity index (χ2v) is 5.97. The number of hydrogen-bond donors (Lipinski definition) is 1.